The van der Waals surface area contributed by atoms with Crippen LogP contribution in [-0.4, -0.2) is 15.2 Å². The lowest BCUT2D eigenvalue weighted by molar-refractivity contribution is -0.143. The third-order valence-electron chi connectivity index (χ3n) is 2.18. The van der Waals surface area contributed by atoms with Crippen LogP contribution in [0.4, 0.5) is 13.2 Å². The summed E-state index contributed by atoms with van der Waals surface area (Å²) in [6.45, 7) is 0. The topological polar surface area (TPSA) is 38.0 Å². The van der Waals surface area contributed by atoms with Crippen molar-refractivity contribution in [3.8, 4) is 0 Å². The van der Waals surface area contributed by atoms with E-state index in [9.17, 15) is 13.2 Å². The molecule has 0 saturated carbocycles. The molecule has 0 radical (unpaired) electrons. The lowest BCUT2D eigenvalue weighted by Gasteiger charge is -2.02. The van der Waals surface area contributed by atoms with Crippen LogP contribution in [-0.2, 0) is 19.0 Å². The van der Waals surface area contributed by atoms with Gasteiger partial charge in [-0.3, -0.25) is 0 Å². The maximum atomic E-state index is 12.3. The van der Waals surface area contributed by atoms with Crippen molar-refractivity contribution in [3.63, 3.8) is 0 Å². The highest BCUT2D eigenvalue weighted by atomic mass is 19.4. The molecule has 13 heavy (non-hydrogen) atoms. The van der Waals surface area contributed by atoms with Crippen molar-refractivity contribution in [3.05, 3.63) is 17.0 Å². The quantitative estimate of drug-likeness (QED) is 0.634. The first-order valence-electron chi connectivity index (χ1n) is 3.87. The van der Waals surface area contributed by atoms with Crippen molar-refractivity contribution in [2.75, 3.05) is 0 Å². The second-order valence-electron chi connectivity index (χ2n) is 3.01. The van der Waals surface area contributed by atoms with Gasteiger partial charge in [0.2, 0.25) is 0 Å². The van der Waals surface area contributed by atoms with Gasteiger partial charge in [0.1, 0.15) is 0 Å². The van der Waals surface area contributed by atoms with Crippen molar-refractivity contribution < 1.29 is 18.4 Å². The largest absolute Gasteiger partial charge is 0.435 e. The van der Waals surface area contributed by atoms with Crippen LogP contribution in [0.1, 0.15) is 23.4 Å². The summed E-state index contributed by atoms with van der Waals surface area (Å²) in [5.74, 6) is 0. The summed E-state index contributed by atoms with van der Waals surface area (Å²) in [5.41, 5.74) is -0.496. The predicted octanol–water partition coefficient (Wildman–Crippen LogP) is 1.63. The van der Waals surface area contributed by atoms with Crippen LogP contribution in [0.2, 0.25) is 0 Å². The molecule has 0 amide bonds. The normalized spacial score (nSPS) is 16.2. The van der Waals surface area contributed by atoms with Crippen LogP contribution in [0.5, 0.6) is 0 Å². The van der Waals surface area contributed by atoms with Gasteiger partial charge in [0.15, 0.2) is 5.69 Å². The lowest BCUT2D eigenvalue weighted by Crippen LogP contribution is -2.09. The standard InChI is InChI=1S/C7H7F3N2O/c8-7(9,10)6-4-2-1-3-5(4)12(13)11-6/h13H,1-3H2. The minimum absolute atomic E-state index is 0.148. The van der Waals surface area contributed by atoms with Crippen LogP contribution < -0.4 is 0 Å². The van der Waals surface area contributed by atoms with Gasteiger partial charge >= 0.3 is 6.18 Å². The van der Waals surface area contributed by atoms with Crippen molar-refractivity contribution in [1.29, 1.82) is 0 Å². The number of nitrogens with zero attached hydrogens (tertiary/aromatic N) is 2. The zero-order valence-corrected chi connectivity index (χ0v) is 6.60. The summed E-state index contributed by atoms with van der Waals surface area (Å²) in [5, 5.41) is 12.1. The van der Waals surface area contributed by atoms with E-state index in [1.165, 1.54) is 0 Å². The van der Waals surface area contributed by atoms with Crippen LogP contribution in [0.3, 0.4) is 0 Å². The van der Waals surface area contributed by atoms with Gasteiger partial charge in [-0.25, -0.2) is 0 Å². The lowest BCUT2D eigenvalue weighted by atomic mass is 10.2. The molecule has 0 aromatic carbocycles. The van der Waals surface area contributed by atoms with Gasteiger partial charge in [-0.2, -0.15) is 13.2 Å². The van der Waals surface area contributed by atoms with Crippen LogP contribution >= 0.6 is 0 Å². The third kappa shape index (κ3) is 1.16. The van der Waals surface area contributed by atoms with Crippen molar-refractivity contribution >= 4 is 0 Å². The minimum atomic E-state index is -4.46. The Morgan fingerprint density at radius 2 is 2.00 bits per heavy atom. The molecule has 3 nitrogen and oxygen atoms in total. The molecule has 1 aliphatic carbocycles. The van der Waals surface area contributed by atoms with Gasteiger partial charge < -0.3 is 5.21 Å². The molecule has 0 spiro atoms. The van der Waals surface area contributed by atoms with E-state index in [-0.39, 0.29) is 5.56 Å². The number of hydrogen-bond acceptors (Lipinski definition) is 2. The number of hydrogen-bond donors (Lipinski definition) is 1. The highest BCUT2D eigenvalue weighted by Crippen LogP contribution is 2.35. The Bertz CT molecular complexity index is 342. The summed E-state index contributed by atoms with van der Waals surface area (Å²) in [6, 6.07) is 0. The number of rotatable bonds is 0. The average Bonchev–Trinajstić information content (AvgIpc) is 2.51. The van der Waals surface area contributed by atoms with E-state index in [0.717, 1.165) is 0 Å². The fourth-order valence-electron chi connectivity index (χ4n) is 1.65. The number of aromatic nitrogens is 2. The SMILES string of the molecule is On1nc(C(F)(F)F)c2c1CCC2. The van der Waals surface area contributed by atoms with E-state index in [1.807, 2.05) is 0 Å². The molecular weight excluding hydrogens is 185 g/mol. The first-order chi connectivity index (χ1) is 6.00. The molecule has 1 heterocycles. The predicted molar refractivity (Wildman–Crippen MR) is 36.4 cm³/mol. The van der Waals surface area contributed by atoms with Crippen LogP contribution in [0.15, 0.2) is 0 Å². The smallest absolute Gasteiger partial charge is 0.411 e. The molecule has 0 unspecified atom stereocenters. The van der Waals surface area contributed by atoms with Crippen molar-refractivity contribution in [1.82, 2.24) is 9.94 Å². The Balaban J connectivity index is 2.55. The van der Waals surface area contributed by atoms with Gasteiger partial charge in [0.25, 0.3) is 0 Å². The molecule has 6 heteroatoms. The Hall–Kier alpha value is -1.20. The Labute approximate surface area is 71.7 Å². The van der Waals surface area contributed by atoms with E-state index in [0.29, 0.717) is 29.8 Å². The van der Waals surface area contributed by atoms with E-state index < -0.39 is 11.9 Å². The number of alkyl halides is 3. The highest BCUT2D eigenvalue weighted by Gasteiger charge is 2.40. The first kappa shape index (κ1) is 8.40. The fraction of sp³-hybridized carbons (Fsp3) is 0.571. The molecule has 0 atom stereocenters. The molecular formula is C7H7F3N2O. The van der Waals surface area contributed by atoms with Gasteiger partial charge in [-0.1, -0.05) is 0 Å². The number of halogens is 3. The Morgan fingerprint density at radius 3 is 2.62 bits per heavy atom. The molecule has 0 bridgehead atoms. The zero-order valence-electron chi connectivity index (χ0n) is 6.60. The summed E-state index contributed by atoms with van der Waals surface area (Å²) < 4.78 is 36.8. The molecule has 0 aliphatic heterocycles. The van der Waals surface area contributed by atoms with E-state index >= 15 is 0 Å². The average molecular weight is 192 g/mol. The molecule has 72 valence electrons. The number of fused-ring (bicyclic) bond motifs is 1. The highest BCUT2D eigenvalue weighted by molar-refractivity contribution is 5.31. The summed E-state index contributed by atoms with van der Waals surface area (Å²) in [4.78, 5) is 0.352. The van der Waals surface area contributed by atoms with E-state index in [4.69, 9.17) is 5.21 Å². The summed E-state index contributed by atoms with van der Waals surface area (Å²) >= 11 is 0. The Morgan fingerprint density at radius 1 is 1.31 bits per heavy atom. The summed E-state index contributed by atoms with van der Waals surface area (Å²) in [7, 11) is 0. The van der Waals surface area contributed by atoms with E-state index in [2.05, 4.69) is 5.10 Å². The fourth-order valence-corrected chi connectivity index (χ4v) is 1.65. The minimum Gasteiger partial charge on any atom is -0.411 e. The molecule has 0 saturated heterocycles. The molecule has 2 rings (SSSR count). The van der Waals surface area contributed by atoms with Crippen LogP contribution in [0, 0.1) is 0 Å². The second kappa shape index (κ2) is 2.40. The van der Waals surface area contributed by atoms with Gasteiger partial charge in [0.05, 0.1) is 5.69 Å². The third-order valence-corrected chi connectivity index (χ3v) is 2.18. The molecule has 0 fully saturated rings. The monoisotopic (exact) mass is 192 g/mol. The maximum Gasteiger partial charge on any atom is 0.435 e. The molecule has 1 N–H and O–H groups in total. The van der Waals surface area contributed by atoms with Crippen molar-refractivity contribution in [2.24, 2.45) is 0 Å². The zero-order chi connectivity index (χ0) is 9.64. The molecule has 1 aromatic heterocycles. The molecule has 1 aliphatic rings. The van der Waals surface area contributed by atoms with Gasteiger partial charge in [0, 0.05) is 5.56 Å². The van der Waals surface area contributed by atoms with E-state index in [1.54, 1.807) is 0 Å². The summed E-state index contributed by atoms with van der Waals surface area (Å²) in [6.07, 6.45) is -2.99. The second-order valence-corrected chi connectivity index (χ2v) is 3.01. The molecule has 1 aromatic rings. The Kier molecular flexibility index (Phi) is 1.55. The maximum absolute atomic E-state index is 12.3. The van der Waals surface area contributed by atoms with Crippen molar-refractivity contribution in [2.45, 2.75) is 25.4 Å². The van der Waals surface area contributed by atoms with Gasteiger partial charge in [-0.05, 0) is 19.3 Å². The van der Waals surface area contributed by atoms with Crippen LogP contribution in [0.25, 0.3) is 0 Å². The van der Waals surface area contributed by atoms with Gasteiger partial charge in [-0.15, -0.1) is 9.94 Å². The first-order valence-corrected chi connectivity index (χ1v) is 3.87.